The number of rotatable bonds is 1. The number of hydrogen-bond donors (Lipinski definition) is 3. The van der Waals surface area contributed by atoms with Gasteiger partial charge in [-0.25, -0.2) is 0 Å². The largest absolute Gasteiger partial charge is 0.481 e. The first-order chi connectivity index (χ1) is 11.5. The fourth-order valence-electron chi connectivity index (χ4n) is 7.73. The molecule has 0 amide bonds. The molecule has 4 rings (SSSR count). The van der Waals surface area contributed by atoms with Gasteiger partial charge in [-0.1, -0.05) is 20.3 Å². The second-order valence-electron chi connectivity index (χ2n) is 10.1. The van der Waals surface area contributed by atoms with Crippen LogP contribution in [0, 0.1) is 33.5 Å². The van der Waals surface area contributed by atoms with Gasteiger partial charge in [0.2, 0.25) is 0 Å². The minimum atomic E-state index is -1.02. The van der Waals surface area contributed by atoms with Gasteiger partial charge in [-0.15, -0.1) is 0 Å². The molecule has 0 aromatic heterocycles. The Balaban J connectivity index is 1.82. The Hall–Kier alpha value is -0.940. The van der Waals surface area contributed by atoms with Crippen molar-refractivity contribution in [3.05, 3.63) is 0 Å². The predicted molar refractivity (Wildman–Crippen MR) is 90.7 cm³/mol. The zero-order chi connectivity index (χ0) is 18.4. The molecule has 140 valence electrons. The molecule has 4 fully saturated rings. The molecule has 4 aliphatic carbocycles. The zero-order valence-electron chi connectivity index (χ0n) is 15.4. The van der Waals surface area contributed by atoms with E-state index in [1.165, 1.54) is 0 Å². The second-order valence-corrected chi connectivity index (χ2v) is 10.1. The van der Waals surface area contributed by atoms with E-state index in [1.54, 1.807) is 6.92 Å². The Labute approximate surface area is 148 Å². The van der Waals surface area contributed by atoms with Gasteiger partial charge in [0.1, 0.15) is 6.10 Å². The van der Waals surface area contributed by atoms with Crippen molar-refractivity contribution in [2.75, 3.05) is 0 Å². The standard InChI is InChI=1S/C20H30O5/c1-17-6-4-7-18(2,16(24)25)11(17)5-8-20-10-19(3,14(22)15(20)23)13(21)9-12(17)20/h11-13,15,21,23H,4-10H2,1-3H3,(H,24,25)/t11-,12-,13+,15+,17+,18+,19+,20-/m0/s1. The van der Waals surface area contributed by atoms with Crippen LogP contribution in [0.4, 0.5) is 0 Å². The van der Waals surface area contributed by atoms with Crippen molar-refractivity contribution >= 4 is 11.8 Å². The number of carboxylic acid groups (broad SMARTS) is 1. The van der Waals surface area contributed by atoms with E-state index in [-0.39, 0.29) is 23.0 Å². The topological polar surface area (TPSA) is 94.8 Å². The number of aliphatic hydroxyl groups is 2. The maximum atomic E-state index is 12.8. The molecule has 0 aliphatic heterocycles. The van der Waals surface area contributed by atoms with Crippen LogP contribution in [0.5, 0.6) is 0 Å². The third-order valence-electron chi connectivity index (χ3n) is 9.10. The van der Waals surface area contributed by atoms with E-state index in [2.05, 4.69) is 6.92 Å². The molecule has 3 N–H and O–H groups in total. The summed E-state index contributed by atoms with van der Waals surface area (Å²) in [4.78, 5) is 24.8. The summed E-state index contributed by atoms with van der Waals surface area (Å²) in [6, 6.07) is 0. The smallest absolute Gasteiger partial charge is 0.309 e. The van der Waals surface area contributed by atoms with Crippen molar-refractivity contribution in [1.29, 1.82) is 0 Å². The summed E-state index contributed by atoms with van der Waals surface area (Å²) in [6.07, 6.45) is 3.16. The third-order valence-corrected chi connectivity index (χ3v) is 9.10. The Kier molecular flexibility index (Phi) is 3.40. The maximum Gasteiger partial charge on any atom is 0.309 e. The first-order valence-electron chi connectivity index (χ1n) is 9.66. The molecule has 5 nitrogen and oxygen atoms in total. The lowest BCUT2D eigenvalue weighted by Crippen LogP contribution is -2.61. The van der Waals surface area contributed by atoms with Crippen LogP contribution in [-0.2, 0) is 9.59 Å². The van der Waals surface area contributed by atoms with Gasteiger partial charge in [-0.3, -0.25) is 9.59 Å². The lowest BCUT2D eigenvalue weighted by Gasteiger charge is -2.64. The van der Waals surface area contributed by atoms with E-state index < -0.39 is 34.4 Å². The molecular weight excluding hydrogens is 320 g/mol. The maximum absolute atomic E-state index is 12.8. The summed E-state index contributed by atoms with van der Waals surface area (Å²) in [7, 11) is 0. The molecule has 4 saturated carbocycles. The van der Waals surface area contributed by atoms with Crippen LogP contribution in [0.25, 0.3) is 0 Å². The molecule has 4 aliphatic rings. The number of aliphatic hydroxyl groups excluding tert-OH is 2. The van der Waals surface area contributed by atoms with Crippen molar-refractivity contribution in [2.24, 2.45) is 33.5 Å². The molecule has 0 aromatic carbocycles. The molecule has 0 saturated heterocycles. The first-order valence-corrected chi connectivity index (χ1v) is 9.66. The van der Waals surface area contributed by atoms with E-state index in [4.69, 9.17) is 0 Å². The van der Waals surface area contributed by atoms with Crippen molar-refractivity contribution < 1.29 is 24.9 Å². The summed E-state index contributed by atoms with van der Waals surface area (Å²) < 4.78 is 0. The summed E-state index contributed by atoms with van der Waals surface area (Å²) >= 11 is 0. The highest BCUT2D eigenvalue weighted by Crippen LogP contribution is 2.72. The van der Waals surface area contributed by atoms with Gasteiger partial charge in [-0.05, 0) is 62.7 Å². The Morgan fingerprint density at radius 2 is 1.76 bits per heavy atom. The average Bonchev–Trinajstić information content (AvgIpc) is 2.70. The van der Waals surface area contributed by atoms with Gasteiger partial charge in [0.15, 0.2) is 5.78 Å². The number of fused-ring (bicyclic) bond motifs is 3. The number of aliphatic carboxylic acids is 1. The number of ketones is 1. The molecule has 0 aromatic rings. The normalized spacial score (nSPS) is 57.7. The molecule has 0 unspecified atom stereocenters. The lowest BCUT2D eigenvalue weighted by atomic mass is 9.40. The third kappa shape index (κ3) is 1.82. The summed E-state index contributed by atoms with van der Waals surface area (Å²) in [6.45, 7) is 5.83. The SMILES string of the molecule is C[C@@]12CCC[C@@](C)(C(=O)O)[C@H]1CC[C@@]13C[C@@](C)(C(=O)[C@H]1O)[C@H](O)C[C@@H]23. The average molecular weight is 350 g/mol. The number of Topliss-reactive ketones (excluding diaryl/α,β-unsaturated/α-hetero) is 1. The minimum absolute atomic E-state index is 0.00208. The van der Waals surface area contributed by atoms with E-state index in [0.29, 0.717) is 25.7 Å². The Bertz CT molecular complexity index is 646. The fourth-order valence-corrected chi connectivity index (χ4v) is 7.73. The molecule has 2 bridgehead atoms. The van der Waals surface area contributed by atoms with Gasteiger partial charge < -0.3 is 15.3 Å². The minimum Gasteiger partial charge on any atom is -0.481 e. The molecule has 25 heavy (non-hydrogen) atoms. The Morgan fingerprint density at radius 1 is 1.08 bits per heavy atom. The van der Waals surface area contributed by atoms with Crippen molar-refractivity contribution in [3.8, 4) is 0 Å². The van der Waals surface area contributed by atoms with Crippen molar-refractivity contribution in [1.82, 2.24) is 0 Å². The van der Waals surface area contributed by atoms with Gasteiger partial charge in [0.25, 0.3) is 0 Å². The molecule has 5 heteroatoms. The monoisotopic (exact) mass is 350 g/mol. The number of hydrogen-bond acceptors (Lipinski definition) is 4. The molecule has 8 atom stereocenters. The highest BCUT2D eigenvalue weighted by Gasteiger charge is 2.73. The second kappa shape index (κ2) is 4.86. The van der Waals surface area contributed by atoms with Crippen LogP contribution < -0.4 is 0 Å². The first kappa shape index (κ1) is 17.5. The predicted octanol–water partition coefficient (Wildman–Crippen LogP) is 2.38. The molecule has 0 heterocycles. The van der Waals surface area contributed by atoms with E-state index in [0.717, 1.165) is 19.3 Å². The highest BCUT2D eigenvalue weighted by atomic mass is 16.4. The van der Waals surface area contributed by atoms with Gasteiger partial charge in [-0.2, -0.15) is 0 Å². The van der Waals surface area contributed by atoms with Crippen LogP contribution in [0.2, 0.25) is 0 Å². The summed E-state index contributed by atoms with van der Waals surface area (Å²) in [5.74, 6) is -0.909. The molecular formula is C20H30O5. The van der Waals surface area contributed by atoms with Crippen molar-refractivity contribution in [3.63, 3.8) is 0 Å². The quantitative estimate of drug-likeness (QED) is 0.675. The molecule has 0 radical (unpaired) electrons. The molecule has 1 spiro atoms. The van der Waals surface area contributed by atoms with Gasteiger partial charge >= 0.3 is 5.97 Å². The number of carboxylic acids is 1. The van der Waals surface area contributed by atoms with Crippen molar-refractivity contribution in [2.45, 2.75) is 77.9 Å². The summed E-state index contributed by atoms with van der Waals surface area (Å²) in [5.41, 5.74) is -2.33. The lowest BCUT2D eigenvalue weighted by molar-refractivity contribution is -0.202. The van der Waals surface area contributed by atoms with E-state index in [9.17, 15) is 24.9 Å². The van der Waals surface area contributed by atoms with E-state index in [1.807, 2.05) is 6.92 Å². The van der Waals surface area contributed by atoms with Crippen LogP contribution >= 0.6 is 0 Å². The zero-order valence-corrected chi connectivity index (χ0v) is 15.4. The van der Waals surface area contributed by atoms with Crippen LogP contribution in [0.15, 0.2) is 0 Å². The number of carbonyl (C=O) groups excluding carboxylic acids is 1. The van der Waals surface area contributed by atoms with Gasteiger partial charge in [0.05, 0.1) is 16.9 Å². The summed E-state index contributed by atoms with van der Waals surface area (Å²) in [5, 5.41) is 31.6. The van der Waals surface area contributed by atoms with E-state index >= 15 is 0 Å². The fraction of sp³-hybridized carbons (Fsp3) is 0.900. The Morgan fingerprint density at radius 3 is 2.40 bits per heavy atom. The van der Waals surface area contributed by atoms with Gasteiger partial charge in [0, 0.05) is 5.41 Å². The number of carbonyl (C=O) groups is 2. The van der Waals surface area contributed by atoms with Crippen LogP contribution in [0.3, 0.4) is 0 Å². The van der Waals surface area contributed by atoms with Crippen LogP contribution in [-0.4, -0.2) is 39.3 Å². The highest BCUT2D eigenvalue weighted by molar-refractivity contribution is 5.93. The van der Waals surface area contributed by atoms with Crippen LogP contribution in [0.1, 0.15) is 65.7 Å².